The number of ether oxygens (including phenoxy) is 1. The van der Waals surface area contributed by atoms with Gasteiger partial charge >= 0.3 is 0 Å². The lowest BCUT2D eigenvalue weighted by molar-refractivity contribution is -0.116. The van der Waals surface area contributed by atoms with Crippen molar-refractivity contribution in [1.82, 2.24) is 4.31 Å². The molecule has 0 bridgehead atoms. The van der Waals surface area contributed by atoms with Crippen molar-refractivity contribution in [2.45, 2.75) is 11.4 Å². The highest BCUT2D eigenvalue weighted by molar-refractivity contribution is 7.89. The van der Waals surface area contributed by atoms with Gasteiger partial charge in [0.1, 0.15) is 11.6 Å². The Hall–Kier alpha value is -2.65. The molecule has 0 aliphatic heterocycles. The average molecular weight is 497 g/mol. The summed E-state index contributed by atoms with van der Waals surface area (Å²) in [4.78, 5) is 12.6. The summed E-state index contributed by atoms with van der Waals surface area (Å²) in [5.41, 5.74) is 0.487. The fraction of sp³-hybridized carbons (Fsp3) is 0.136. The number of hydrogen-bond donors (Lipinski definition) is 1. The van der Waals surface area contributed by atoms with Crippen molar-refractivity contribution >= 4 is 44.8 Å². The second-order valence-corrected chi connectivity index (χ2v) is 9.50. The number of benzene rings is 3. The first-order valence-electron chi connectivity index (χ1n) is 9.33. The van der Waals surface area contributed by atoms with Crippen LogP contribution in [0.1, 0.15) is 5.56 Å². The van der Waals surface area contributed by atoms with Crippen LogP contribution < -0.4 is 10.1 Å². The number of amides is 1. The van der Waals surface area contributed by atoms with E-state index in [-0.39, 0.29) is 22.0 Å². The van der Waals surface area contributed by atoms with Crippen LogP contribution in [0.25, 0.3) is 0 Å². The summed E-state index contributed by atoms with van der Waals surface area (Å²) in [6.07, 6.45) is 0. The molecule has 1 N–H and O–H groups in total. The van der Waals surface area contributed by atoms with Crippen LogP contribution in [0.3, 0.4) is 0 Å². The molecule has 6 nitrogen and oxygen atoms in total. The third kappa shape index (κ3) is 5.77. The van der Waals surface area contributed by atoms with E-state index in [0.29, 0.717) is 16.5 Å². The zero-order chi connectivity index (χ0) is 23.3. The summed E-state index contributed by atoms with van der Waals surface area (Å²) in [6.45, 7) is -0.892. The van der Waals surface area contributed by atoms with Gasteiger partial charge in [-0.15, -0.1) is 0 Å². The summed E-state index contributed by atoms with van der Waals surface area (Å²) in [7, 11) is -2.68. The van der Waals surface area contributed by atoms with E-state index >= 15 is 0 Å². The number of methoxy groups -OCH3 is 1. The Labute approximate surface area is 195 Å². The summed E-state index contributed by atoms with van der Waals surface area (Å²) in [5, 5.41) is 3.24. The number of carbonyl (C=O) groups is 1. The van der Waals surface area contributed by atoms with Gasteiger partial charge in [0, 0.05) is 22.8 Å². The molecule has 3 aromatic carbocycles. The lowest BCUT2D eigenvalue weighted by atomic mass is 10.2. The van der Waals surface area contributed by atoms with Crippen LogP contribution in [0.2, 0.25) is 10.0 Å². The predicted molar refractivity (Wildman–Crippen MR) is 122 cm³/mol. The van der Waals surface area contributed by atoms with E-state index in [1.165, 1.54) is 55.6 Å². The third-order valence-corrected chi connectivity index (χ3v) is 6.86. The Bertz CT molecular complexity index is 1220. The standard InChI is InChI=1S/C22H19Cl2FN2O4S/c1-31-21-11-8-17(12-19(21)24)26-22(28)14-27(13-15-4-2-3-5-20(15)25)32(29,30)18-9-6-16(23)7-10-18/h2-12H,13-14H2,1H3,(H,26,28). The lowest BCUT2D eigenvalue weighted by Crippen LogP contribution is -2.37. The number of sulfonamides is 1. The monoisotopic (exact) mass is 496 g/mol. The first-order chi connectivity index (χ1) is 15.2. The van der Waals surface area contributed by atoms with Crippen molar-refractivity contribution in [2.75, 3.05) is 19.0 Å². The maximum Gasteiger partial charge on any atom is 0.243 e. The Morgan fingerprint density at radius 3 is 2.38 bits per heavy atom. The Kier molecular flexibility index (Phi) is 7.73. The third-order valence-electron chi connectivity index (χ3n) is 4.51. The highest BCUT2D eigenvalue weighted by atomic mass is 35.5. The lowest BCUT2D eigenvalue weighted by Gasteiger charge is -2.22. The van der Waals surface area contributed by atoms with Gasteiger partial charge < -0.3 is 10.1 Å². The number of rotatable bonds is 8. The first kappa shape index (κ1) is 24.0. The van der Waals surface area contributed by atoms with Crippen molar-refractivity contribution in [3.63, 3.8) is 0 Å². The molecule has 0 saturated heterocycles. The van der Waals surface area contributed by atoms with Gasteiger partial charge in [-0.2, -0.15) is 4.31 Å². The van der Waals surface area contributed by atoms with E-state index in [1.807, 2.05) is 0 Å². The molecule has 3 rings (SSSR count). The number of hydrogen-bond acceptors (Lipinski definition) is 4. The Morgan fingerprint density at radius 1 is 1.06 bits per heavy atom. The van der Waals surface area contributed by atoms with Crippen LogP contribution >= 0.6 is 23.2 Å². The van der Waals surface area contributed by atoms with Crippen LogP contribution in [0, 0.1) is 5.82 Å². The smallest absolute Gasteiger partial charge is 0.243 e. The largest absolute Gasteiger partial charge is 0.495 e. The van der Waals surface area contributed by atoms with Gasteiger partial charge in [0.15, 0.2) is 0 Å². The zero-order valence-corrected chi connectivity index (χ0v) is 19.2. The summed E-state index contributed by atoms with van der Waals surface area (Å²) in [5.74, 6) is -0.776. The van der Waals surface area contributed by atoms with Crippen molar-refractivity contribution in [3.05, 3.63) is 88.2 Å². The number of halogens is 3. The van der Waals surface area contributed by atoms with Gasteiger partial charge in [0.05, 0.1) is 23.6 Å². The molecule has 3 aromatic rings. The van der Waals surface area contributed by atoms with Crippen LogP contribution in [0.15, 0.2) is 71.6 Å². The molecule has 1 amide bonds. The molecular formula is C22H19Cl2FN2O4S. The number of nitrogens with one attached hydrogen (secondary N) is 1. The first-order valence-corrected chi connectivity index (χ1v) is 11.5. The topological polar surface area (TPSA) is 75.7 Å². The molecule has 0 saturated carbocycles. The highest BCUT2D eigenvalue weighted by Gasteiger charge is 2.28. The second kappa shape index (κ2) is 10.3. The van der Waals surface area contributed by atoms with Crippen molar-refractivity contribution in [1.29, 1.82) is 0 Å². The molecular weight excluding hydrogens is 478 g/mol. The molecule has 0 aliphatic carbocycles. The number of carbonyl (C=O) groups excluding carboxylic acids is 1. The van der Waals surface area contributed by atoms with Gasteiger partial charge in [0.25, 0.3) is 0 Å². The minimum atomic E-state index is -4.14. The van der Waals surface area contributed by atoms with E-state index in [9.17, 15) is 17.6 Å². The van der Waals surface area contributed by atoms with Gasteiger partial charge in [-0.3, -0.25) is 4.79 Å². The summed E-state index contributed by atoms with van der Waals surface area (Å²) < 4.78 is 46.7. The molecule has 0 heterocycles. The fourth-order valence-corrected chi connectivity index (χ4v) is 4.66. The van der Waals surface area contributed by atoms with E-state index in [0.717, 1.165) is 4.31 Å². The van der Waals surface area contributed by atoms with Crippen LogP contribution in [-0.2, 0) is 21.4 Å². The molecule has 0 atom stereocenters. The molecule has 0 spiro atoms. The van der Waals surface area contributed by atoms with E-state index in [2.05, 4.69) is 5.32 Å². The maximum atomic E-state index is 14.2. The van der Waals surface area contributed by atoms with Crippen LogP contribution in [0.4, 0.5) is 10.1 Å². The average Bonchev–Trinajstić information content (AvgIpc) is 2.75. The van der Waals surface area contributed by atoms with Crippen molar-refractivity contribution < 1.29 is 22.3 Å². The Morgan fingerprint density at radius 2 is 1.75 bits per heavy atom. The normalized spacial score (nSPS) is 11.4. The molecule has 0 aliphatic rings. The highest BCUT2D eigenvalue weighted by Crippen LogP contribution is 2.27. The number of anilines is 1. The quantitative estimate of drug-likeness (QED) is 0.477. The van der Waals surface area contributed by atoms with Gasteiger partial charge in [0.2, 0.25) is 15.9 Å². The minimum Gasteiger partial charge on any atom is -0.495 e. The molecule has 0 aromatic heterocycles. The van der Waals surface area contributed by atoms with Gasteiger partial charge in [-0.1, -0.05) is 41.4 Å². The van der Waals surface area contributed by atoms with Crippen LogP contribution in [0.5, 0.6) is 5.75 Å². The van der Waals surface area contributed by atoms with Gasteiger partial charge in [-0.25, -0.2) is 12.8 Å². The van der Waals surface area contributed by atoms with E-state index < -0.39 is 28.3 Å². The Balaban J connectivity index is 1.88. The zero-order valence-electron chi connectivity index (χ0n) is 16.9. The summed E-state index contributed by atoms with van der Waals surface area (Å²) in [6, 6.07) is 15.9. The predicted octanol–water partition coefficient (Wildman–Crippen LogP) is 4.97. The van der Waals surface area contributed by atoms with Crippen LogP contribution in [-0.4, -0.2) is 32.3 Å². The van der Waals surface area contributed by atoms with E-state index in [1.54, 1.807) is 18.2 Å². The summed E-state index contributed by atoms with van der Waals surface area (Å²) >= 11 is 11.9. The maximum absolute atomic E-state index is 14.2. The fourth-order valence-electron chi connectivity index (χ4n) is 2.90. The molecule has 0 fully saturated rings. The molecule has 10 heteroatoms. The SMILES string of the molecule is COc1ccc(NC(=O)CN(Cc2ccccc2F)S(=O)(=O)c2ccc(Cl)cc2)cc1Cl. The van der Waals surface area contributed by atoms with Gasteiger partial charge in [-0.05, 0) is 48.5 Å². The molecule has 32 heavy (non-hydrogen) atoms. The molecule has 168 valence electrons. The second-order valence-electron chi connectivity index (χ2n) is 6.72. The molecule has 0 unspecified atom stereocenters. The van der Waals surface area contributed by atoms with Crippen molar-refractivity contribution in [2.24, 2.45) is 0 Å². The molecule has 0 radical (unpaired) electrons. The van der Waals surface area contributed by atoms with Crippen molar-refractivity contribution in [3.8, 4) is 5.75 Å². The number of nitrogens with zero attached hydrogens (tertiary/aromatic N) is 1. The van der Waals surface area contributed by atoms with E-state index in [4.69, 9.17) is 27.9 Å². The minimum absolute atomic E-state index is 0.0708.